The lowest BCUT2D eigenvalue weighted by atomic mass is 9.85. The van der Waals surface area contributed by atoms with Crippen molar-refractivity contribution in [2.75, 3.05) is 0 Å². The molecular formula is C16H22N4O2S. The maximum Gasteiger partial charge on any atom is 0.244 e. The molecule has 0 radical (unpaired) electrons. The Morgan fingerprint density at radius 3 is 2.74 bits per heavy atom. The highest BCUT2D eigenvalue weighted by atomic mass is 32.2. The quantitative estimate of drug-likeness (QED) is 0.841. The van der Waals surface area contributed by atoms with Crippen molar-refractivity contribution in [2.24, 2.45) is 5.92 Å². The molecule has 7 heteroatoms. The van der Waals surface area contributed by atoms with Gasteiger partial charge in [-0.3, -0.25) is 9.67 Å². The number of sulfonamides is 1. The van der Waals surface area contributed by atoms with Crippen molar-refractivity contribution in [2.45, 2.75) is 50.6 Å². The summed E-state index contributed by atoms with van der Waals surface area (Å²) in [6.45, 7) is 3.04. The Kier molecular flexibility index (Phi) is 4.77. The summed E-state index contributed by atoms with van der Waals surface area (Å²) in [7, 11) is -3.55. The van der Waals surface area contributed by atoms with Crippen LogP contribution in [0.4, 0.5) is 0 Å². The van der Waals surface area contributed by atoms with Crippen molar-refractivity contribution < 1.29 is 8.42 Å². The van der Waals surface area contributed by atoms with E-state index in [-0.39, 0.29) is 11.4 Å². The van der Waals surface area contributed by atoms with Crippen LogP contribution in [0.2, 0.25) is 0 Å². The zero-order valence-corrected chi connectivity index (χ0v) is 14.1. The summed E-state index contributed by atoms with van der Waals surface area (Å²) in [4.78, 5) is 4.47. The summed E-state index contributed by atoms with van der Waals surface area (Å²) >= 11 is 0. The highest BCUT2D eigenvalue weighted by Crippen LogP contribution is 2.27. The van der Waals surface area contributed by atoms with Crippen molar-refractivity contribution in [3.63, 3.8) is 0 Å². The van der Waals surface area contributed by atoms with Gasteiger partial charge < -0.3 is 0 Å². The molecule has 0 spiro atoms. The predicted molar refractivity (Wildman–Crippen MR) is 87.2 cm³/mol. The van der Waals surface area contributed by atoms with Crippen LogP contribution in [-0.2, 0) is 29.5 Å². The molecule has 2 aromatic rings. The highest BCUT2D eigenvalue weighted by Gasteiger charge is 2.20. The molecule has 1 aliphatic rings. The van der Waals surface area contributed by atoms with Gasteiger partial charge in [-0.05, 0) is 36.8 Å². The topological polar surface area (TPSA) is 76.9 Å². The van der Waals surface area contributed by atoms with Crippen LogP contribution >= 0.6 is 0 Å². The zero-order chi connectivity index (χ0) is 16.3. The van der Waals surface area contributed by atoms with Gasteiger partial charge in [-0.2, -0.15) is 5.10 Å². The molecule has 0 unspecified atom stereocenters. The van der Waals surface area contributed by atoms with Crippen LogP contribution in [0.1, 0.15) is 37.4 Å². The molecule has 0 bridgehead atoms. The van der Waals surface area contributed by atoms with Gasteiger partial charge in [-0.1, -0.05) is 19.4 Å². The Morgan fingerprint density at radius 2 is 2.13 bits per heavy atom. The largest absolute Gasteiger partial charge is 0.271 e. The predicted octanol–water partition coefficient (Wildman–Crippen LogP) is 2.12. The first kappa shape index (κ1) is 16.1. The first-order valence-electron chi connectivity index (χ1n) is 8.03. The molecule has 0 saturated heterocycles. The van der Waals surface area contributed by atoms with Gasteiger partial charge in [-0.15, -0.1) is 0 Å². The third kappa shape index (κ3) is 3.97. The summed E-state index contributed by atoms with van der Waals surface area (Å²) in [6, 6.07) is 3.81. The molecule has 1 fully saturated rings. The van der Waals surface area contributed by atoms with Crippen LogP contribution in [0.15, 0.2) is 35.6 Å². The van der Waals surface area contributed by atoms with Gasteiger partial charge >= 0.3 is 0 Å². The summed E-state index contributed by atoms with van der Waals surface area (Å²) in [5.41, 5.74) is 1.83. The number of nitrogens with one attached hydrogen (secondary N) is 1. The average molecular weight is 334 g/mol. The molecule has 0 aromatic carbocycles. The van der Waals surface area contributed by atoms with Gasteiger partial charge in [0.2, 0.25) is 10.0 Å². The molecule has 0 aliphatic heterocycles. The molecule has 23 heavy (non-hydrogen) atoms. The minimum atomic E-state index is -3.55. The number of pyridine rings is 1. The van der Waals surface area contributed by atoms with E-state index in [2.05, 4.69) is 21.7 Å². The molecule has 0 amide bonds. The van der Waals surface area contributed by atoms with E-state index in [4.69, 9.17) is 0 Å². The molecule has 1 aliphatic carbocycles. The maximum absolute atomic E-state index is 12.3. The monoisotopic (exact) mass is 334 g/mol. The van der Waals surface area contributed by atoms with E-state index in [0.717, 1.165) is 18.5 Å². The Labute approximate surface area is 137 Å². The molecule has 2 heterocycles. The van der Waals surface area contributed by atoms with Gasteiger partial charge in [0.1, 0.15) is 4.90 Å². The van der Waals surface area contributed by atoms with Crippen LogP contribution in [0.25, 0.3) is 0 Å². The number of hydrogen-bond donors (Lipinski definition) is 1. The zero-order valence-electron chi connectivity index (χ0n) is 13.3. The second-order valence-electron chi connectivity index (χ2n) is 6.03. The number of aromatic nitrogens is 3. The van der Waals surface area contributed by atoms with Crippen LogP contribution < -0.4 is 4.72 Å². The van der Waals surface area contributed by atoms with E-state index in [1.54, 1.807) is 17.1 Å². The summed E-state index contributed by atoms with van der Waals surface area (Å²) in [6.07, 6.45) is 9.39. The fourth-order valence-electron chi connectivity index (χ4n) is 2.54. The van der Waals surface area contributed by atoms with Crippen LogP contribution in [0, 0.1) is 5.92 Å². The van der Waals surface area contributed by atoms with Gasteiger partial charge in [0.05, 0.1) is 18.4 Å². The van der Waals surface area contributed by atoms with E-state index in [1.807, 2.05) is 12.1 Å². The minimum Gasteiger partial charge on any atom is -0.271 e. The molecular weight excluding hydrogens is 312 g/mol. The van der Waals surface area contributed by atoms with E-state index in [0.29, 0.717) is 11.6 Å². The lowest BCUT2D eigenvalue weighted by molar-refractivity contribution is 0.266. The fourth-order valence-corrected chi connectivity index (χ4v) is 3.50. The van der Waals surface area contributed by atoms with Crippen molar-refractivity contribution in [3.8, 4) is 0 Å². The van der Waals surface area contributed by atoms with E-state index < -0.39 is 10.0 Å². The summed E-state index contributed by atoms with van der Waals surface area (Å²) in [5.74, 6) is 0.639. The first-order valence-corrected chi connectivity index (χ1v) is 9.51. The van der Waals surface area contributed by atoms with Crippen LogP contribution in [0.3, 0.4) is 0 Å². The first-order chi connectivity index (χ1) is 11.1. The van der Waals surface area contributed by atoms with Crippen LogP contribution in [0.5, 0.6) is 0 Å². The number of hydrogen-bond acceptors (Lipinski definition) is 4. The van der Waals surface area contributed by atoms with Crippen molar-refractivity contribution in [1.29, 1.82) is 0 Å². The number of nitrogens with zero attached hydrogens (tertiary/aromatic N) is 3. The Balaban J connectivity index is 1.61. The summed E-state index contributed by atoms with van der Waals surface area (Å²) in [5, 5.41) is 4.16. The van der Waals surface area contributed by atoms with Crippen molar-refractivity contribution in [3.05, 3.63) is 42.0 Å². The molecule has 3 rings (SSSR count). The van der Waals surface area contributed by atoms with E-state index in [1.165, 1.54) is 25.5 Å². The lowest BCUT2D eigenvalue weighted by Crippen LogP contribution is -2.23. The Morgan fingerprint density at radius 1 is 1.30 bits per heavy atom. The van der Waals surface area contributed by atoms with Gasteiger partial charge in [0, 0.05) is 18.9 Å². The molecule has 124 valence electrons. The SMILES string of the molecule is CCc1ccc(CNS(=O)(=O)c2cnn(CC3CCC3)c2)nc1. The Bertz CT molecular complexity index is 749. The fraction of sp³-hybridized carbons (Fsp3) is 0.500. The second-order valence-corrected chi connectivity index (χ2v) is 7.80. The highest BCUT2D eigenvalue weighted by molar-refractivity contribution is 7.89. The van der Waals surface area contributed by atoms with E-state index >= 15 is 0 Å². The third-order valence-corrected chi connectivity index (χ3v) is 5.68. The molecule has 1 saturated carbocycles. The van der Waals surface area contributed by atoms with Gasteiger partial charge in [-0.25, -0.2) is 13.1 Å². The number of rotatable bonds is 7. The molecule has 1 N–H and O–H groups in total. The third-order valence-electron chi connectivity index (χ3n) is 4.33. The minimum absolute atomic E-state index is 0.181. The van der Waals surface area contributed by atoms with Crippen molar-refractivity contribution in [1.82, 2.24) is 19.5 Å². The van der Waals surface area contributed by atoms with Crippen molar-refractivity contribution >= 4 is 10.0 Å². The van der Waals surface area contributed by atoms with E-state index in [9.17, 15) is 8.42 Å². The molecule has 6 nitrogen and oxygen atoms in total. The lowest BCUT2D eigenvalue weighted by Gasteiger charge is -2.24. The van der Waals surface area contributed by atoms with Crippen LogP contribution in [-0.4, -0.2) is 23.2 Å². The van der Waals surface area contributed by atoms with Gasteiger partial charge in [0.25, 0.3) is 0 Å². The van der Waals surface area contributed by atoms with Gasteiger partial charge in [0.15, 0.2) is 0 Å². The standard InChI is InChI=1S/C16H22N4O2S/c1-2-13-6-7-15(17-8-13)9-19-23(21,22)16-10-18-20(12-16)11-14-4-3-5-14/h6-8,10,12,14,19H,2-5,9,11H2,1H3. The average Bonchev–Trinajstić information content (AvgIpc) is 2.99. The second kappa shape index (κ2) is 6.80. The normalized spacial score (nSPS) is 15.5. The Hall–Kier alpha value is -1.73. The molecule has 2 aromatic heterocycles. The molecule has 0 atom stereocenters. The summed E-state index contributed by atoms with van der Waals surface area (Å²) < 4.78 is 28.9. The smallest absolute Gasteiger partial charge is 0.244 e. The number of aryl methyl sites for hydroxylation is 1. The maximum atomic E-state index is 12.3.